The van der Waals surface area contributed by atoms with E-state index < -0.39 is 0 Å². The highest BCUT2D eigenvalue weighted by molar-refractivity contribution is 5.79. The molecule has 0 amide bonds. The van der Waals surface area contributed by atoms with E-state index in [1.165, 1.54) is 0 Å². The highest BCUT2D eigenvalue weighted by atomic mass is 16.5. The van der Waals surface area contributed by atoms with Crippen LogP contribution in [0.5, 0.6) is 5.75 Å². The van der Waals surface area contributed by atoms with Crippen molar-refractivity contribution >= 4 is 11.5 Å². The van der Waals surface area contributed by atoms with Gasteiger partial charge in [-0.25, -0.2) is 0 Å². The van der Waals surface area contributed by atoms with E-state index >= 15 is 0 Å². The maximum absolute atomic E-state index is 7.36. The predicted molar refractivity (Wildman–Crippen MR) is 67.3 cm³/mol. The summed E-state index contributed by atoms with van der Waals surface area (Å²) in [6.07, 6.45) is 0. The van der Waals surface area contributed by atoms with E-state index in [1.54, 1.807) is 7.11 Å². The van der Waals surface area contributed by atoms with Gasteiger partial charge < -0.3 is 15.4 Å². The van der Waals surface area contributed by atoms with E-state index in [4.69, 9.17) is 15.9 Å². The largest absolute Gasteiger partial charge is 0.497 e. The lowest BCUT2D eigenvalue weighted by Gasteiger charge is -2.23. The Morgan fingerprint density at radius 3 is 2.81 bits per heavy atom. The number of ether oxygens (including phenoxy) is 1. The van der Waals surface area contributed by atoms with Gasteiger partial charge in [0.05, 0.1) is 12.9 Å². The van der Waals surface area contributed by atoms with Crippen molar-refractivity contribution in [3.63, 3.8) is 0 Å². The van der Waals surface area contributed by atoms with Crippen molar-refractivity contribution in [2.75, 3.05) is 25.6 Å². The molecule has 1 rings (SSSR count). The molecule has 0 heterocycles. The molecule has 4 heteroatoms. The van der Waals surface area contributed by atoms with Gasteiger partial charge in [-0.1, -0.05) is 13.0 Å². The molecule has 0 fully saturated rings. The molecule has 16 heavy (non-hydrogen) atoms. The Balaban J connectivity index is 2.72. The minimum atomic E-state index is 0.0520. The first-order chi connectivity index (χ1) is 7.54. The van der Waals surface area contributed by atoms with Crippen LogP contribution in [0.2, 0.25) is 0 Å². The average molecular weight is 221 g/mol. The second-order valence-electron chi connectivity index (χ2n) is 3.94. The maximum Gasteiger partial charge on any atom is 0.120 e. The standard InChI is InChI=1S/C12H19N3O/c1-9(12(13)14)8-15(2)10-5-4-6-11(7-10)16-3/h4-7,9H,8H2,1-3H3,(H3,13,14). The summed E-state index contributed by atoms with van der Waals surface area (Å²) < 4.78 is 5.16. The van der Waals surface area contributed by atoms with Crippen LogP contribution in [0.15, 0.2) is 24.3 Å². The van der Waals surface area contributed by atoms with Crippen LogP contribution in [0.4, 0.5) is 5.69 Å². The number of anilines is 1. The monoisotopic (exact) mass is 221 g/mol. The SMILES string of the molecule is COc1cccc(N(C)CC(C)C(=N)N)c1. The Morgan fingerprint density at radius 1 is 1.56 bits per heavy atom. The first kappa shape index (κ1) is 12.4. The topological polar surface area (TPSA) is 62.3 Å². The van der Waals surface area contributed by atoms with Gasteiger partial charge in [0.2, 0.25) is 0 Å². The fraction of sp³-hybridized carbons (Fsp3) is 0.417. The van der Waals surface area contributed by atoms with Crippen LogP contribution in [0, 0.1) is 11.3 Å². The normalized spacial score (nSPS) is 11.9. The summed E-state index contributed by atoms with van der Waals surface area (Å²) in [7, 11) is 3.63. The van der Waals surface area contributed by atoms with Crippen molar-refractivity contribution in [1.82, 2.24) is 0 Å². The summed E-state index contributed by atoms with van der Waals surface area (Å²) in [6, 6.07) is 7.83. The molecule has 0 aliphatic heterocycles. The molecule has 1 aromatic carbocycles. The van der Waals surface area contributed by atoms with Crippen LogP contribution < -0.4 is 15.4 Å². The van der Waals surface area contributed by atoms with Crippen molar-refractivity contribution in [1.29, 1.82) is 5.41 Å². The summed E-state index contributed by atoms with van der Waals surface area (Å²) in [6.45, 7) is 2.67. The van der Waals surface area contributed by atoms with Crippen molar-refractivity contribution in [3.8, 4) is 5.75 Å². The third kappa shape index (κ3) is 3.15. The minimum Gasteiger partial charge on any atom is -0.497 e. The Labute approximate surface area is 96.5 Å². The third-order valence-corrected chi connectivity index (χ3v) is 2.57. The van der Waals surface area contributed by atoms with Crippen LogP contribution in [0.3, 0.4) is 0 Å². The van der Waals surface area contributed by atoms with Gasteiger partial charge >= 0.3 is 0 Å². The van der Waals surface area contributed by atoms with E-state index in [9.17, 15) is 0 Å². The fourth-order valence-electron chi connectivity index (χ4n) is 1.46. The van der Waals surface area contributed by atoms with Gasteiger partial charge in [-0.15, -0.1) is 0 Å². The van der Waals surface area contributed by atoms with Gasteiger partial charge in [-0.3, -0.25) is 5.41 Å². The van der Waals surface area contributed by atoms with Crippen LogP contribution in [0.1, 0.15) is 6.92 Å². The quantitative estimate of drug-likeness (QED) is 0.587. The number of nitrogens with one attached hydrogen (secondary N) is 1. The Hall–Kier alpha value is -1.71. The number of nitrogens with zero attached hydrogens (tertiary/aromatic N) is 1. The van der Waals surface area contributed by atoms with E-state index in [0.717, 1.165) is 18.0 Å². The molecule has 0 saturated heterocycles. The molecule has 0 spiro atoms. The van der Waals surface area contributed by atoms with E-state index in [0.29, 0.717) is 0 Å². The van der Waals surface area contributed by atoms with Crippen molar-refractivity contribution in [2.45, 2.75) is 6.92 Å². The smallest absolute Gasteiger partial charge is 0.120 e. The molecule has 0 saturated carbocycles. The average Bonchev–Trinajstić information content (AvgIpc) is 2.28. The molecule has 0 aromatic heterocycles. The zero-order valence-corrected chi connectivity index (χ0v) is 10.0. The number of amidine groups is 1. The lowest BCUT2D eigenvalue weighted by Crippen LogP contribution is -2.31. The van der Waals surface area contributed by atoms with Crippen LogP contribution in [-0.2, 0) is 0 Å². The zero-order chi connectivity index (χ0) is 12.1. The van der Waals surface area contributed by atoms with E-state index in [2.05, 4.69) is 4.90 Å². The number of hydrogen-bond acceptors (Lipinski definition) is 3. The molecular weight excluding hydrogens is 202 g/mol. The van der Waals surface area contributed by atoms with Gasteiger partial charge in [-0.05, 0) is 12.1 Å². The number of benzene rings is 1. The summed E-state index contributed by atoms with van der Waals surface area (Å²) in [5.74, 6) is 1.10. The first-order valence-corrected chi connectivity index (χ1v) is 5.23. The second kappa shape index (κ2) is 5.39. The van der Waals surface area contributed by atoms with Crippen molar-refractivity contribution < 1.29 is 4.74 Å². The third-order valence-electron chi connectivity index (χ3n) is 2.57. The molecule has 1 atom stereocenters. The van der Waals surface area contributed by atoms with Gasteiger partial charge in [0, 0.05) is 31.3 Å². The Bertz CT molecular complexity index is 365. The summed E-state index contributed by atoms with van der Waals surface area (Å²) >= 11 is 0. The van der Waals surface area contributed by atoms with Gasteiger partial charge in [0.15, 0.2) is 0 Å². The molecular formula is C12H19N3O. The lowest BCUT2D eigenvalue weighted by molar-refractivity contribution is 0.415. The number of nitrogens with two attached hydrogens (primary N) is 1. The highest BCUT2D eigenvalue weighted by Gasteiger charge is 2.09. The molecule has 1 aromatic rings. The van der Waals surface area contributed by atoms with Crippen LogP contribution >= 0.6 is 0 Å². The Morgan fingerprint density at radius 2 is 2.25 bits per heavy atom. The summed E-state index contributed by atoms with van der Waals surface area (Å²) in [5, 5.41) is 7.36. The van der Waals surface area contributed by atoms with E-state index in [-0.39, 0.29) is 11.8 Å². The molecule has 0 aliphatic rings. The minimum absolute atomic E-state index is 0.0520. The van der Waals surface area contributed by atoms with Crippen LogP contribution in [-0.4, -0.2) is 26.5 Å². The van der Waals surface area contributed by atoms with Crippen molar-refractivity contribution in [3.05, 3.63) is 24.3 Å². The molecule has 1 unspecified atom stereocenters. The number of hydrogen-bond donors (Lipinski definition) is 2. The van der Waals surface area contributed by atoms with Gasteiger partial charge in [0.1, 0.15) is 5.75 Å². The molecule has 88 valence electrons. The molecule has 4 nitrogen and oxygen atoms in total. The van der Waals surface area contributed by atoms with Crippen LogP contribution in [0.25, 0.3) is 0 Å². The lowest BCUT2D eigenvalue weighted by atomic mass is 10.1. The fourth-order valence-corrected chi connectivity index (χ4v) is 1.46. The zero-order valence-electron chi connectivity index (χ0n) is 10.0. The molecule has 0 radical (unpaired) electrons. The summed E-state index contributed by atoms with van der Waals surface area (Å²) in [4.78, 5) is 2.06. The van der Waals surface area contributed by atoms with Gasteiger partial charge in [0.25, 0.3) is 0 Å². The first-order valence-electron chi connectivity index (χ1n) is 5.23. The highest BCUT2D eigenvalue weighted by Crippen LogP contribution is 2.20. The van der Waals surface area contributed by atoms with Gasteiger partial charge in [-0.2, -0.15) is 0 Å². The predicted octanol–water partition coefficient (Wildman–Crippen LogP) is 1.70. The maximum atomic E-state index is 7.36. The molecule has 3 N–H and O–H groups in total. The summed E-state index contributed by atoms with van der Waals surface area (Å²) in [5.41, 5.74) is 6.51. The molecule has 0 aliphatic carbocycles. The number of rotatable bonds is 5. The molecule has 0 bridgehead atoms. The Kier molecular flexibility index (Phi) is 4.17. The number of methoxy groups -OCH3 is 1. The van der Waals surface area contributed by atoms with Crippen molar-refractivity contribution in [2.24, 2.45) is 11.7 Å². The van der Waals surface area contributed by atoms with E-state index in [1.807, 2.05) is 38.2 Å². The second-order valence-corrected chi connectivity index (χ2v) is 3.94.